The predicted octanol–water partition coefficient (Wildman–Crippen LogP) is 1.70. The summed E-state index contributed by atoms with van der Waals surface area (Å²) in [4.78, 5) is 14.9. The molecule has 7 nitrogen and oxygen atoms in total. The zero-order valence-corrected chi connectivity index (χ0v) is 13.5. The molecule has 0 spiro atoms. The van der Waals surface area contributed by atoms with Crippen molar-refractivity contribution >= 4 is 5.82 Å². The molecule has 4 rings (SSSR count). The molecule has 0 N–H and O–H groups in total. The number of rotatable bonds is 4. The Morgan fingerprint density at radius 2 is 2.25 bits per heavy atom. The van der Waals surface area contributed by atoms with E-state index in [1.54, 1.807) is 19.5 Å². The maximum Gasteiger partial charge on any atom is 0.218 e. The van der Waals surface area contributed by atoms with Gasteiger partial charge in [-0.3, -0.25) is 4.98 Å². The van der Waals surface area contributed by atoms with E-state index in [1.807, 2.05) is 18.2 Å². The second kappa shape index (κ2) is 6.60. The van der Waals surface area contributed by atoms with Gasteiger partial charge in [-0.2, -0.15) is 0 Å². The van der Waals surface area contributed by atoms with E-state index in [2.05, 4.69) is 19.9 Å². The number of aromatic nitrogens is 3. The number of fused-ring (bicyclic) bond motifs is 1. The molecule has 3 atom stereocenters. The van der Waals surface area contributed by atoms with E-state index < -0.39 is 0 Å². The highest BCUT2D eigenvalue weighted by molar-refractivity contribution is 5.43. The molecule has 0 aromatic carbocycles. The molecular formula is C17H20N4O3. The van der Waals surface area contributed by atoms with Crippen LogP contribution in [0.5, 0.6) is 11.6 Å². The van der Waals surface area contributed by atoms with Gasteiger partial charge in [0.05, 0.1) is 26.0 Å². The Morgan fingerprint density at radius 3 is 3.08 bits per heavy atom. The molecule has 2 aromatic heterocycles. The first-order valence-corrected chi connectivity index (χ1v) is 8.16. The predicted molar refractivity (Wildman–Crippen MR) is 87.3 cm³/mol. The topological polar surface area (TPSA) is 69.6 Å². The summed E-state index contributed by atoms with van der Waals surface area (Å²) in [6.45, 7) is 1.46. The van der Waals surface area contributed by atoms with Crippen molar-refractivity contribution in [3.05, 3.63) is 36.9 Å². The van der Waals surface area contributed by atoms with Crippen molar-refractivity contribution < 1.29 is 14.2 Å². The zero-order chi connectivity index (χ0) is 16.4. The van der Waals surface area contributed by atoms with Gasteiger partial charge >= 0.3 is 0 Å². The van der Waals surface area contributed by atoms with Crippen LogP contribution in [0.3, 0.4) is 0 Å². The van der Waals surface area contributed by atoms with E-state index in [1.165, 1.54) is 6.33 Å². The number of hydrogen-bond donors (Lipinski definition) is 0. The van der Waals surface area contributed by atoms with Crippen LogP contribution in [0.2, 0.25) is 0 Å². The lowest BCUT2D eigenvalue weighted by Gasteiger charge is -2.39. The monoisotopic (exact) mass is 328 g/mol. The third kappa shape index (κ3) is 2.87. The SMILES string of the molecule is COc1cc(N2CCO[C@H]3[C@@H](Oc4cccnc4)CC[C@@H]32)ncn1. The zero-order valence-electron chi connectivity index (χ0n) is 13.5. The van der Waals surface area contributed by atoms with Crippen LogP contribution in [0, 0.1) is 0 Å². The quantitative estimate of drug-likeness (QED) is 0.846. The molecule has 0 radical (unpaired) electrons. The van der Waals surface area contributed by atoms with Gasteiger partial charge in [0.25, 0.3) is 0 Å². The average Bonchev–Trinajstić information content (AvgIpc) is 3.05. The van der Waals surface area contributed by atoms with Crippen LogP contribution in [0.4, 0.5) is 5.82 Å². The molecule has 0 amide bonds. The van der Waals surface area contributed by atoms with E-state index in [0.717, 1.165) is 31.0 Å². The van der Waals surface area contributed by atoms with Gasteiger partial charge in [-0.15, -0.1) is 0 Å². The smallest absolute Gasteiger partial charge is 0.218 e. The first kappa shape index (κ1) is 15.1. The Balaban J connectivity index is 1.52. The standard InChI is InChI=1S/C17H20N4O3/c1-22-16-9-15(19-11-20-16)21-7-8-23-17-13(21)4-5-14(17)24-12-3-2-6-18-10-12/h2-3,6,9-11,13-14,17H,4-5,7-8H2,1H3/t13-,14-,17+/m0/s1. The number of anilines is 1. The van der Waals surface area contributed by atoms with Crippen LogP contribution < -0.4 is 14.4 Å². The molecule has 2 aliphatic rings. The third-order valence-corrected chi connectivity index (χ3v) is 4.59. The minimum Gasteiger partial charge on any atom is -0.486 e. The molecule has 2 fully saturated rings. The lowest BCUT2D eigenvalue weighted by atomic mass is 10.1. The molecule has 3 heterocycles. The van der Waals surface area contributed by atoms with Gasteiger partial charge in [0.1, 0.15) is 30.1 Å². The summed E-state index contributed by atoms with van der Waals surface area (Å²) in [6, 6.07) is 5.93. The van der Waals surface area contributed by atoms with Crippen LogP contribution in [0.15, 0.2) is 36.9 Å². The summed E-state index contributed by atoms with van der Waals surface area (Å²) in [6.07, 6.45) is 7.03. The molecule has 7 heteroatoms. The Bertz CT molecular complexity index is 685. The highest BCUT2D eigenvalue weighted by Crippen LogP contribution is 2.35. The molecule has 126 valence electrons. The van der Waals surface area contributed by atoms with Crippen molar-refractivity contribution in [2.45, 2.75) is 31.1 Å². The van der Waals surface area contributed by atoms with Crippen LogP contribution >= 0.6 is 0 Å². The molecule has 0 unspecified atom stereocenters. The van der Waals surface area contributed by atoms with Crippen molar-refractivity contribution in [1.82, 2.24) is 15.0 Å². The fraction of sp³-hybridized carbons (Fsp3) is 0.471. The van der Waals surface area contributed by atoms with E-state index in [4.69, 9.17) is 14.2 Å². The van der Waals surface area contributed by atoms with Gasteiger partial charge in [0, 0.05) is 18.8 Å². The average molecular weight is 328 g/mol. The van der Waals surface area contributed by atoms with Crippen LogP contribution in [-0.4, -0.2) is 53.5 Å². The Hall–Kier alpha value is -2.41. The molecule has 24 heavy (non-hydrogen) atoms. The van der Waals surface area contributed by atoms with E-state index in [-0.39, 0.29) is 18.2 Å². The fourth-order valence-corrected chi connectivity index (χ4v) is 3.52. The van der Waals surface area contributed by atoms with Crippen molar-refractivity contribution in [2.75, 3.05) is 25.2 Å². The van der Waals surface area contributed by atoms with Gasteiger partial charge < -0.3 is 19.1 Å². The van der Waals surface area contributed by atoms with Gasteiger partial charge in [0.15, 0.2) is 0 Å². The normalized spacial score (nSPS) is 26.0. The van der Waals surface area contributed by atoms with Crippen molar-refractivity contribution in [2.24, 2.45) is 0 Å². The second-order valence-corrected chi connectivity index (χ2v) is 5.94. The van der Waals surface area contributed by atoms with Gasteiger partial charge in [-0.25, -0.2) is 9.97 Å². The number of methoxy groups -OCH3 is 1. The molecule has 0 bridgehead atoms. The van der Waals surface area contributed by atoms with E-state index in [9.17, 15) is 0 Å². The summed E-state index contributed by atoms with van der Waals surface area (Å²) in [5, 5.41) is 0. The highest BCUT2D eigenvalue weighted by atomic mass is 16.5. The van der Waals surface area contributed by atoms with Gasteiger partial charge in [0.2, 0.25) is 5.88 Å². The number of nitrogens with zero attached hydrogens (tertiary/aromatic N) is 4. The Labute approximate surface area is 140 Å². The number of hydrogen-bond acceptors (Lipinski definition) is 7. The molecule has 1 saturated carbocycles. The molecule has 1 aliphatic heterocycles. The second-order valence-electron chi connectivity index (χ2n) is 5.94. The molecule has 1 aliphatic carbocycles. The summed E-state index contributed by atoms with van der Waals surface area (Å²) in [5.74, 6) is 2.24. The van der Waals surface area contributed by atoms with Crippen molar-refractivity contribution in [3.63, 3.8) is 0 Å². The van der Waals surface area contributed by atoms with Gasteiger partial charge in [-0.1, -0.05) is 0 Å². The molecule has 2 aromatic rings. The Morgan fingerprint density at radius 1 is 1.29 bits per heavy atom. The number of pyridine rings is 1. The summed E-state index contributed by atoms with van der Waals surface area (Å²) >= 11 is 0. The summed E-state index contributed by atoms with van der Waals surface area (Å²) in [7, 11) is 1.61. The van der Waals surface area contributed by atoms with Crippen LogP contribution in [0.25, 0.3) is 0 Å². The van der Waals surface area contributed by atoms with Crippen molar-refractivity contribution in [1.29, 1.82) is 0 Å². The lowest BCUT2D eigenvalue weighted by molar-refractivity contribution is -0.0309. The van der Waals surface area contributed by atoms with Gasteiger partial charge in [-0.05, 0) is 25.0 Å². The lowest BCUT2D eigenvalue weighted by Crippen LogP contribution is -2.52. The minimum absolute atomic E-state index is 0.0277. The summed E-state index contributed by atoms with van der Waals surface area (Å²) < 4.78 is 17.4. The number of ether oxygens (including phenoxy) is 3. The Kier molecular flexibility index (Phi) is 4.17. The largest absolute Gasteiger partial charge is 0.486 e. The van der Waals surface area contributed by atoms with Crippen LogP contribution in [0.1, 0.15) is 12.8 Å². The van der Waals surface area contributed by atoms with E-state index >= 15 is 0 Å². The number of morpholine rings is 1. The van der Waals surface area contributed by atoms with E-state index in [0.29, 0.717) is 12.5 Å². The summed E-state index contributed by atoms with van der Waals surface area (Å²) in [5.41, 5.74) is 0. The maximum absolute atomic E-state index is 6.10. The fourth-order valence-electron chi connectivity index (χ4n) is 3.52. The highest BCUT2D eigenvalue weighted by Gasteiger charge is 2.44. The van der Waals surface area contributed by atoms with Crippen molar-refractivity contribution in [3.8, 4) is 11.6 Å². The first-order chi connectivity index (χ1) is 11.8. The minimum atomic E-state index is 0.0277. The van der Waals surface area contributed by atoms with Crippen LogP contribution in [-0.2, 0) is 4.74 Å². The maximum atomic E-state index is 6.10. The first-order valence-electron chi connectivity index (χ1n) is 8.16. The molecular weight excluding hydrogens is 308 g/mol. The molecule has 1 saturated heterocycles. The third-order valence-electron chi connectivity index (χ3n) is 4.59.